The minimum atomic E-state index is -3.96. The monoisotopic (exact) mass is 333 g/mol. The number of ether oxygens (including phenoxy) is 1. The smallest absolute Gasteiger partial charge is 0.387 e. The van der Waals surface area contributed by atoms with Crippen molar-refractivity contribution in [3.8, 4) is 5.75 Å². The van der Waals surface area contributed by atoms with Gasteiger partial charge in [-0.05, 0) is 30.5 Å². The highest BCUT2D eigenvalue weighted by molar-refractivity contribution is 7.89. The molecule has 1 N–H and O–H groups in total. The third-order valence-corrected chi connectivity index (χ3v) is 5.29. The molecule has 2 rings (SSSR count). The Labute approximate surface area is 125 Å². The SMILES string of the molecule is C[C@H](NS(=O)(=O)c1ccccc1OC(F)F)c1cccs1. The molecule has 114 valence electrons. The Hall–Kier alpha value is -1.51. The predicted octanol–water partition coefficient (Wildman–Crippen LogP) is 3.39. The molecular formula is C13H13F2NO3S2. The van der Waals surface area contributed by atoms with Crippen LogP contribution < -0.4 is 9.46 Å². The number of para-hydroxylation sites is 1. The number of hydrogen-bond donors (Lipinski definition) is 1. The van der Waals surface area contributed by atoms with Crippen molar-refractivity contribution in [3.63, 3.8) is 0 Å². The van der Waals surface area contributed by atoms with Gasteiger partial charge in [0.2, 0.25) is 10.0 Å². The number of sulfonamides is 1. The Kier molecular flexibility index (Phi) is 4.92. The van der Waals surface area contributed by atoms with Gasteiger partial charge in [0.15, 0.2) is 0 Å². The van der Waals surface area contributed by atoms with Crippen LogP contribution in [0.2, 0.25) is 0 Å². The van der Waals surface area contributed by atoms with Crippen molar-refractivity contribution < 1.29 is 21.9 Å². The van der Waals surface area contributed by atoms with E-state index >= 15 is 0 Å². The van der Waals surface area contributed by atoms with Gasteiger partial charge in [-0.15, -0.1) is 11.3 Å². The highest BCUT2D eigenvalue weighted by Gasteiger charge is 2.23. The van der Waals surface area contributed by atoms with Gasteiger partial charge in [0.1, 0.15) is 10.6 Å². The summed E-state index contributed by atoms with van der Waals surface area (Å²) in [7, 11) is -3.96. The van der Waals surface area contributed by atoms with Crippen molar-refractivity contribution in [3.05, 3.63) is 46.7 Å². The van der Waals surface area contributed by atoms with Gasteiger partial charge in [0.05, 0.1) is 6.04 Å². The molecule has 0 saturated carbocycles. The summed E-state index contributed by atoms with van der Waals surface area (Å²) >= 11 is 1.40. The first-order valence-electron chi connectivity index (χ1n) is 6.00. The minimum Gasteiger partial charge on any atom is -0.433 e. The Morgan fingerprint density at radius 1 is 1.19 bits per heavy atom. The van der Waals surface area contributed by atoms with Crippen LogP contribution in [-0.4, -0.2) is 15.0 Å². The number of nitrogens with one attached hydrogen (secondary N) is 1. The van der Waals surface area contributed by atoms with Crippen molar-refractivity contribution in [1.82, 2.24) is 4.72 Å². The van der Waals surface area contributed by atoms with E-state index in [0.717, 1.165) is 4.88 Å². The molecule has 8 heteroatoms. The molecule has 0 radical (unpaired) electrons. The van der Waals surface area contributed by atoms with Crippen LogP contribution in [-0.2, 0) is 10.0 Å². The van der Waals surface area contributed by atoms with Crippen LogP contribution >= 0.6 is 11.3 Å². The maximum Gasteiger partial charge on any atom is 0.387 e. The van der Waals surface area contributed by atoms with Crippen LogP contribution in [0.1, 0.15) is 17.8 Å². The highest BCUT2D eigenvalue weighted by atomic mass is 32.2. The fourth-order valence-corrected chi connectivity index (χ4v) is 3.92. The zero-order valence-corrected chi connectivity index (χ0v) is 12.6. The van der Waals surface area contributed by atoms with Crippen molar-refractivity contribution in [2.45, 2.75) is 24.5 Å². The number of hydrogen-bond acceptors (Lipinski definition) is 4. The molecular weight excluding hydrogens is 320 g/mol. The van der Waals surface area contributed by atoms with Crippen molar-refractivity contribution in [1.29, 1.82) is 0 Å². The molecule has 2 aromatic rings. The highest BCUT2D eigenvalue weighted by Crippen LogP contribution is 2.27. The molecule has 1 heterocycles. The number of rotatable bonds is 6. The Morgan fingerprint density at radius 3 is 2.52 bits per heavy atom. The molecule has 0 saturated heterocycles. The van der Waals surface area contributed by atoms with Gasteiger partial charge in [0.25, 0.3) is 0 Å². The van der Waals surface area contributed by atoms with E-state index in [0.29, 0.717) is 0 Å². The first-order chi connectivity index (χ1) is 9.90. The van der Waals surface area contributed by atoms with Crippen LogP contribution in [0, 0.1) is 0 Å². The van der Waals surface area contributed by atoms with E-state index in [1.54, 1.807) is 19.1 Å². The third-order valence-electron chi connectivity index (χ3n) is 2.66. The van der Waals surface area contributed by atoms with Gasteiger partial charge < -0.3 is 4.74 Å². The average molecular weight is 333 g/mol. The molecule has 0 amide bonds. The normalized spacial score (nSPS) is 13.3. The average Bonchev–Trinajstić information content (AvgIpc) is 2.91. The molecule has 1 atom stereocenters. The maximum absolute atomic E-state index is 12.3. The van der Waals surface area contributed by atoms with Gasteiger partial charge in [0, 0.05) is 4.88 Å². The van der Waals surface area contributed by atoms with E-state index in [9.17, 15) is 17.2 Å². The molecule has 1 aromatic carbocycles. The molecule has 4 nitrogen and oxygen atoms in total. The zero-order valence-electron chi connectivity index (χ0n) is 11.0. The number of alkyl halides is 2. The van der Waals surface area contributed by atoms with Crippen LogP contribution in [0.25, 0.3) is 0 Å². The van der Waals surface area contributed by atoms with Gasteiger partial charge in [-0.3, -0.25) is 0 Å². The topological polar surface area (TPSA) is 55.4 Å². The quantitative estimate of drug-likeness (QED) is 0.881. The number of benzene rings is 1. The third kappa shape index (κ3) is 3.99. The summed E-state index contributed by atoms with van der Waals surface area (Å²) in [5.74, 6) is -0.377. The molecule has 0 aliphatic carbocycles. The second-order valence-corrected chi connectivity index (χ2v) is 6.85. The fourth-order valence-electron chi connectivity index (χ4n) is 1.76. The molecule has 0 aliphatic heterocycles. The summed E-state index contributed by atoms with van der Waals surface area (Å²) in [4.78, 5) is 0.513. The summed E-state index contributed by atoms with van der Waals surface area (Å²) < 4.78 is 56.0. The van der Waals surface area contributed by atoms with E-state index in [4.69, 9.17) is 0 Å². The first kappa shape index (κ1) is 15.9. The van der Waals surface area contributed by atoms with Crippen LogP contribution in [0.5, 0.6) is 5.75 Å². The minimum absolute atomic E-state index is 0.311. The summed E-state index contributed by atoms with van der Waals surface area (Å²) in [6.45, 7) is -1.41. The lowest BCUT2D eigenvalue weighted by Gasteiger charge is -2.15. The molecule has 0 bridgehead atoms. The van der Waals surface area contributed by atoms with E-state index in [2.05, 4.69) is 9.46 Å². The molecule has 21 heavy (non-hydrogen) atoms. The Morgan fingerprint density at radius 2 is 1.90 bits per heavy atom. The summed E-state index contributed by atoms with van der Waals surface area (Å²) in [5, 5.41) is 1.83. The van der Waals surface area contributed by atoms with E-state index in [1.807, 2.05) is 5.38 Å². The first-order valence-corrected chi connectivity index (χ1v) is 8.36. The summed E-state index contributed by atoms with van der Waals surface area (Å²) in [6.07, 6.45) is 0. The second-order valence-electron chi connectivity index (χ2n) is 4.18. The van der Waals surface area contributed by atoms with Crippen molar-refractivity contribution in [2.75, 3.05) is 0 Å². The van der Waals surface area contributed by atoms with Gasteiger partial charge in [-0.25, -0.2) is 13.1 Å². The Bertz CT molecular complexity index is 687. The fraction of sp³-hybridized carbons (Fsp3) is 0.231. The Balaban J connectivity index is 2.27. The second kappa shape index (κ2) is 6.50. The number of halogens is 2. The lowest BCUT2D eigenvalue weighted by atomic mass is 10.3. The van der Waals surface area contributed by atoms with Crippen LogP contribution in [0.15, 0.2) is 46.7 Å². The zero-order chi connectivity index (χ0) is 15.5. The molecule has 0 aliphatic rings. The van der Waals surface area contributed by atoms with Crippen molar-refractivity contribution in [2.24, 2.45) is 0 Å². The predicted molar refractivity (Wildman–Crippen MR) is 76.1 cm³/mol. The van der Waals surface area contributed by atoms with Crippen LogP contribution in [0.4, 0.5) is 8.78 Å². The lowest BCUT2D eigenvalue weighted by molar-refractivity contribution is -0.0517. The molecule has 0 unspecified atom stereocenters. The standard InChI is InChI=1S/C13H13F2NO3S2/c1-9(11-6-4-8-20-11)16-21(17,18)12-7-3-2-5-10(12)19-13(14)15/h2-9,13,16H,1H3/t9-/m0/s1. The summed E-state index contributed by atoms with van der Waals surface area (Å²) in [6, 6.07) is 8.42. The van der Waals surface area contributed by atoms with E-state index in [1.165, 1.54) is 35.6 Å². The lowest BCUT2D eigenvalue weighted by Crippen LogP contribution is -2.27. The van der Waals surface area contributed by atoms with Gasteiger partial charge >= 0.3 is 6.61 Å². The van der Waals surface area contributed by atoms with Gasteiger partial charge in [-0.2, -0.15) is 8.78 Å². The van der Waals surface area contributed by atoms with E-state index in [-0.39, 0.29) is 10.6 Å². The molecule has 0 fully saturated rings. The molecule has 1 aromatic heterocycles. The maximum atomic E-state index is 12.3. The van der Waals surface area contributed by atoms with Gasteiger partial charge in [-0.1, -0.05) is 18.2 Å². The van der Waals surface area contributed by atoms with Crippen LogP contribution in [0.3, 0.4) is 0 Å². The summed E-state index contributed by atoms with van der Waals surface area (Å²) in [5.41, 5.74) is 0. The van der Waals surface area contributed by atoms with E-state index < -0.39 is 22.7 Å². The number of thiophene rings is 1. The van der Waals surface area contributed by atoms with Crippen molar-refractivity contribution >= 4 is 21.4 Å². The molecule has 0 spiro atoms. The largest absolute Gasteiger partial charge is 0.433 e.